The molecule has 0 amide bonds. The lowest BCUT2D eigenvalue weighted by Gasteiger charge is -2.12. The molecule has 0 aliphatic heterocycles. The first-order valence-corrected chi connectivity index (χ1v) is 9.94. The summed E-state index contributed by atoms with van der Waals surface area (Å²) in [6.45, 7) is 4.35. The van der Waals surface area contributed by atoms with Crippen molar-refractivity contribution in [3.8, 4) is 22.9 Å². The van der Waals surface area contributed by atoms with Crippen LogP contribution < -0.4 is 9.47 Å². The zero-order valence-corrected chi connectivity index (χ0v) is 17.2. The number of carbonyl (C=O) groups excluding carboxylic acids is 1. The Bertz CT molecular complexity index is 985. The predicted octanol–water partition coefficient (Wildman–Crippen LogP) is 4.48. The van der Waals surface area contributed by atoms with Gasteiger partial charge in [-0.25, -0.2) is 0 Å². The average molecular weight is 398 g/mol. The highest BCUT2D eigenvalue weighted by atomic mass is 32.2. The first kappa shape index (κ1) is 19.9. The maximum Gasteiger partial charge on any atom is 0.191 e. The fraction of sp³-hybridized carbons (Fsp3) is 0.286. The van der Waals surface area contributed by atoms with Gasteiger partial charge in [0.2, 0.25) is 0 Å². The van der Waals surface area contributed by atoms with Gasteiger partial charge >= 0.3 is 0 Å². The number of ketones is 1. The van der Waals surface area contributed by atoms with Gasteiger partial charge < -0.3 is 14.0 Å². The average Bonchev–Trinajstić information content (AvgIpc) is 3.14. The van der Waals surface area contributed by atoms with Gasteiger partial charge in [0.15, 0.2) is 16.8 Å². The molecule has 0 atom stereocenters. The Labute approximate surface area is 168 Å². The van der Waals surface area contributed by atoms with Crippen molar-refractivity contribution >= 4 is 17.5 Å². The number of thioether (sulfide) groups is 1. The summed E-state index contributed by atoms with van der Waals surface area (Å²) in [6.07, 6.45) is 0. The zero-order chi connectivity index (χ0) is 20.1. The molecule has 6 nitrogen and oxygen atoms in total. The molecule has 0 N–H and O–H groups in total. The van der Waals surface area contributed by atoms with Crippen molar-refractivity contribution in [3.05, 3.63) is 53.6 Å². The Morgan fingerprint density at radius 3 is 2.50 bits per heavy atom. The Morgan fingerprint density at radius 2 is 1.82 bits per heavy atom. The summed E-state index contributed by atoms with van der Waals surface area (Å²) in [4.78, 5) is 11.7. The van der Waals surface area contributed by atoms with Gasteiger partial charge in [-0.1, -0.05) is 23.9 Å². The van der Waals surface area contributed by atoms with Crippen molar-refractivity contribution < 1.29 is 14.3 Å². The molecular formula is C21H23N3O3S. The molecule has 7 heteroatoms. The van der Waals surface area contributed by atoms with Crippen molar-refractivity contribution in [2.45, 2.75) is 31.3 Å². The van der Waals surface area contributed by atoms with Crippen LogP contribution in [0.25, 0.3) is 11.4 Å². The van der Waals surface area contributed by atoms with E-state index in [9.17, 15) is 4.79 Å². The van der Waals surface area contributed by atoms with Crippen LogP contribution in [0.1, 0.15) is 29.8 Å². The fourth-order valence-electron chi connectivity index (χ4n) is 2.96. The summed E-state index contributed by atoms with van der Waals surface area (Å²) in [5, 5.41) is 9.58. The Kier molecular flexibility index (Phi) is 6.36. The smallest absolute Gasteiger partial charge is 0.191 e. The number of hydrogen-bond donors (Lipinski definition) is 0. The largest absolute Gasteiger partial charge is 0.496 e. The zero-order valence-electron chi connectivity index (χ0n) is 16.4. The highest BCUT2D eigenvalue weighted by Crippen LogP contribution is 2.33. The van der Waals surface area contributed by atoms with E-state index in [2.05, 4.69) is 21.7 Å². The summed E-state index contributed by atoms with van der Waals surface area (Å²) in [6, 6.07) is 13.3. The molecule has 0 saturated heterocycles. The number of Topliss-reactive ketones (excluding diaryl/α,β-unsaturated/α-hetero) is 1. The molecule has 146 valence electrons. The molecule has 0 bridgehead atoms. The molecule has 3 aromatic rings. The van der Waals surface area contributed by atoms with E-state index in [0.29, 0.717) is 11.3 Å². The van der Waals surface area contributed by atoms with Crippen LogP contribution in [0, 0.1) is 0 Å². The molecule has 0 unspecified atom stereocenters. The van der Waals surface area contributed by atoms with E-state index in [1.165, 1.54) is 0 Å². The molecule has 0 fully saturated rings. The number of rotatable bonds is 8. The number of methoxy groups -OCH3 is 2. The lowest BCUT2D eigenvalue weighted by Crippen LogP contribution is -2.01. The number of hydrogen-bond acceptors (Lipinski definition) is 6. The molecule has 0 aliphatic carbocycles. The van der Waals surface area contributed by atoms with Crippen molar-refractivity contribution in [3.63, 3.8) is 0 Å². The number of benzene rings is 2. The summed E-state index contributed by atoms with van der Waals surface area (Å²) >= 11 is 1.56. The molecule has 1 aromatic heterocycles. The number of carbonyl (C=O) groups is 1. The van der Waals surface area contributed by atoms with Crippen LogP contribution in [0.2, 0.25) is 0 Å². The molecule has 28 heavy (non-hydrogen) atoms. The summed E-state index contributed by atoms with van der Waals surface area (Å²) in [5.74, 6) is 2.94. The summed E-state index contributed by atoms with van der Waals surface area (Å²) in [7, 11) is 3.28. The van der Waals surface area contributed by atoms with Crippen LogP contribution in [0.15, 0.2) is 47.6 Å². The van der Waals surface area contributed by atoms with Gasteiger partial charge in [-0.05, 0) is 44.2 Å². The Balaban J connectivity index is 1.90. The van der Waals surface area contributed by atoms with Gasteiger partial charge in [-0.15, -0.1) is 10.2 Å². The minimum Gasteiger partial charge on any atom is -0.496 e. The number of para-hydroxylation sites is 1. The van der Waals surface area contributed by atoms with Crippen molar-refractivity contribution in [2.24, 2.45) is 0 Å². The number of nitrogens with zero attached hydrogens (tertiary/aromatic N) is 3. The van der Waals surface area contributed by atoms with Crippen LogP contribution >= 0.6 is 11.8 Å². The number of aromatic nitrogens is 3. The maximum absolute atomic E-state index is 11.7. The van der Waals surface area contributed by atoms with Crippen LogP contribution in [-0.4, -0.2) is 34.8 Å². The third kappa shape index (κ3) is 4.04. The maximum atomic E-state index is 11.7. The lowest BCUT2D eigenvalue weighted by atomic mass is 10.1. The van der Waals surface area contributed by atoms with Crippen LogP contribution in [0.3, 0.4) is 0 Å². The van der Waals surface area contributed by atoms with Gasteiger partial charge in [0, 0.05) is 23.4 Å². The molecule has 0 aliphatic rings. The monoisotopic (exact) mass is 397 g/mol. The van der Waals surface area contributed by atoms with Crippen molar-refractivity contribution in [2.75, 3.05) is 14.2 Å². The normalized spacial score (nSPS) is 10.7. The second kappa shape index (κ2) is 8.93. The Hall–Kier alpha value is -2.80. The minimum absolute atomic E-state index is 0.0316. The van der Waals surface area contributed by atoms with Crippen LogP contribution in [0.5, 0.6) is 11.5 Å². The molecule has 0 radical (unpaired) electrons. The standard InChI is InChI=1S/C21H23N3O3S/c1-5-24-20(17-8-6-7-9-19(17)27-4)22-23-21(24)28-13-16-12-15(14(2)25)10-11-18(16)26-3/h6-12H,5,13H2,1-4H3. The van der Waals surface area contributed by atoms with Crippen LogP contribution in [-0.2, 0) is 12.3 Å². The highest BCUT2D eigenvalue weighted by Gasteiger charge is 2.17. The summed E-state index contributed by atoms with van der Waals surface area (Å²) < 4.78 is 13.0. The number of ether oxygens (including phenoxy) is 2. The lowest BCUT2D eigenvalue weighted by molar-refractivity contribution is 0.101. The first-order valence-electron chi connectivity index (χ1n) is 8.96. The molecule has 0 spiro atoms. The fourth-order valence-corrected chi connectivity index (χ4v) is 3.94. The van der Waals surface area contributed by atoms with E-state index in [0.717, 1.165) is 40.2 Å². The molecular weight excluding hydrogens is 374 g/mol. The first-order chi connectivity index (χ1) is 13.6. The van der Waals surface area contributed by atoms with E-state index in [-0.39, 0.29) is 5.78 Å². The van der Waals surface area contributed by atoms with Gasteiger partial charge in [-0.3, -0.25) is 4.79 Å². The topological polar surface area (TPSA) is 66.2 Å². The van der Waals surface area contributed by atoms with Crippen molar-refractivity contribution in [1.82, 2.24) is 14.8 Å². The third-order valence-corrected chi connectivity index (χ3v) is 5.44. The highest BCUT2D eigenvalue weighted by molar-refractivity contribution is 7.98. The predicted molar refractivity (Wildman–Crippen MR) is 110 cm³/mol. The van der Waals surface area contributed by atoms with E-state index < -0.39 is 0 Å². The van der Waals surface area contributed by atoms with Crippen LogP contribution in [0.4, 0.5) is 0 Å². The second-order valence-corrected chi connectivity index (χ2v) is 7.06. The van der Waals surface area contributed by atoms with E-state index >= 15 is 0 Å². The Morgan fingerprint density at radius 1 is 1.07 bits per heavy atom. The molecule has 3 rings (SSSR count). The van der Waals surface area contributed by atoms with Crippen molar-refractivity contribution in [1.29, 1.82) is 0 Å². The van der Waals surface area contributed by atoms with Gasteiger partial charge in [0.05, 0.1) is 19.8 Å². The molecule has 2 aromatic carbocycles. The second-order valence-electron chi connectivity index (χ2n) is 6.12. The third-order valence-electron chi connectivity index (χ3n) is 4.42. The summed E-state index contributed by atoms with van der Waals surface area (Å²) in [5.41, 5.74) is 2.52. The molecule has 0 saturated carbocycles. The SMILES string of the molecule is CCn1c(SCc2cc(C(C)=O)ccc2OC)nnc1-c1ccccc1OC. The van der Waals surface area contributed by atoms with Gasteiger partial charge in [0.25, 0.3) is 0 Å². The van der Waals surface area contributed by atoms with E-state index in [1.54, 1.807) is 39.0 Å². The van der Waals surface area contributed by atoms with Gasteiger partial charge in [0.1, 0.15) is 11.5 Å². The minimum atomic E-state index is 0.0316. The van der Waals surface area contributed by atoms with E-state index in [1.807, 2.05) is 36.4 Å². The molecule has 1 heterocycles. The van der Waals surface area contributed by atoms with E-state index in [4.69, 9.17) is 9.47 Å². The van der Waals surface area contributed by atoms with Gasteiger partial charge in [-0.2, -0.15) is 0 Å². The quantitative estimate of drug-likeness (QED) is 0.412.